The molecule has 0 aliphatic heterocycles. The molecule has 0 unspecified atom stereocenters. The second kappa shape index (κ2) is 6.17. The molecule has 1 aromatic heterocycles. The molecule has 5 nitrogen and oxygen atoms in total. The lowest BCUT2D eigenvalue weighted by Crippen LogP contribution is -2.17. The topological polar surface area (TPSA) is 70.1 Å². The van der Waals surface area contributed by atoms with E-state index >= 15 is 0 Å². The molecular formula is C15H10Cl2N4O. The quantitative estimate of drug-likeness (QED) is 0.567. The van der Waals surface area contributed by atoms with Crippen LogP contribution in [0.15, 0.2) is 47.8 Å². The van der Waals surface area contributed by atoms with Gasteiger partial charge in [0.2, 0.25) is 0 Å². The number of nitrogens with zero attached hydrogens (tertiary/aromatic N) is 2. The minimum Gasteiger partial charge on any atom is -0.345 e. The van der Waals surface area contributed by atoms with Crippen molar-refractivity contribution in [1.29, 1.82) is 0 Å². The number of hydrogen-bond acceptors (Lipinski definition) is 3. The van der Waals surface area contributed by atoms with Gasteiger partial charge in [-0.1, -0.05) is 29.3 Å². The zero-order chi connectivity index (χ0) is 15.5. The fraction of sp³-hybridized carbons (Fsp3) is 0. The third-order valence-corrected chi connectivity index (χ3v) is 3.70. The number of nitrogens with one attached hydrogen (secondary N) is 2. The number of aromatic nitrogens is 2. The molecule has 0 atom stereocenters. The van der Waals surface area contributed by atoms with E-state index in [9.17, 15) is 4.79 Å². The molecule has 0 spiro atoms. The van der Waals surface area contributed by atoms with Gasteiger partial charge in [-0.15, -0.1) is 0 Å². The normalized spacial score (nSPS) is 11.2. The lowest BCUT2D eigenvalue weighted by molar-refractivity contribution is 0.0955. The molecule has 0 aliphatic carbocycles. The van der Waals surface area contributed by atoms with Crippen LogP contribution in [-0.2, 0) is 0 Å². The average molecular weight is 333 g/mol. The number of carbonyl (C=O) groups is 1. The number of hydrogen-bond donors (Lipinski definition) is 2. The number of imidazole rings is 1. The second-order valence-corrected chi connectivity index (χ2v) is 5.28. The summed E-state index contributed by atoms with van der Waals surface area (Å²) in [4.78, 5) is 19.1. The Morgan fingerprint density at radius 2 is 2.00 bits per heavy atom. The van der Waals surface area contributed by atoms with Gasteiger partial charge in [0, 0.05) is 11.1 Å². The molecule has 0 radical (unpaired) electrons. The van der Waals surface area contributed by atoms with Crippen molar-refractivity contribution in [3.05, 3.63) is 63.9 Å². The second-order valence-electron chi connectivity index (χ2n) is 4.47. The van der Waals surface area contributed by atoms with Crippen molar-refractivity contribution in [2.45, 2.75) is 0 Å². The fourth-order valence-corrected chi connectivity index (χ4v) is 2.43. The van der Waals surface area contributed by atoms with E-state index in [0.29, 0.717) is 21.2 Å². The number of rotatable bonds is 3. The summed E-state index contributed by atoms with van der Waals surface area (Å²) in [5.41, 5.74) is 5.04. The molecule has 0 bridgehead atoms. The van der Waals surface area contributed by atoms with Gasteiger partial charge in [-0.05, 0) is 30.3 Å². The fourth-order valence-electron chi connectivity index (χ4n) is 1.93. The Hall–Kier alpha value is -2.37. The molecule has 110 valence electrons. The van der Waals surface area contributed by atoms with Crippen LogP contribution in [0.3, 0.4) is 0 Å². The van der Waals surface area contributed by atoms with Crippen LogP contribution in [0.1, 0.15) is 15.9 Å². The molecule has 22 heavy (non-hydrogen) atoms. The van der Waals surface area contributed by atoms with Gasteiger partial charge in [-0.25, -0.2) is 10.4 Å². The lowest BCUT2D eigenvalue weighted by atomic mass is 10.2. The number of halogens is 2. The van der Waals surface area contributed by atoms with Crippen LogP contribution >= 0.6 is 23.2 Å². The summed E-state index contributed by atoms with van der Waals surface area (Å²) in [6, 6.07) is 10.3. The standard InChI is InChI=1S/C15H10Cl2N4O/c16-11-2-1-3-12(17)10(11)7-20-21-15(22)9-4-5-13-14(6-9)19-8-18-13/h1-8H,(H,18,19)(H,21,22). The highest BCUT2D eigenvalue weighted by Gasteiger charge is 2.07. The molecule has 7 heteroatoms. The monoisotopic (exact) mass is 332 g/mol. The molecule has 1 heterocycles. The van der Waals surface area contributed by atoms with E-state index in [2.05, 4.69) is 20.5 Å². The number of hydrazone groups is 1. The van der Waals surface area contributed by atoms with E-state index in [4.69, 9.17) is 23.2 Å². The van der Waals surface area contributed by atoms with Crippen molar-refractivity contribution >= 4 is 46.4 Å². The Morgan fingerprint density at radius 3 is 2.77 bits per heavy atom. The Balaban J connectivity index is 1.75. The summed E-state index contributed by atoms with van der Waals surface area (Å²) in [5, 5.41) is 4.81. The van der Waals surface area contributed by atoms with Gasteiger partial charge in [0.25, 0.3) is 5.91 Å². The van der Waals surface area contributed by atoms with Crippen molar-refractivity contribution in [3.8, 4) is 0 Å². The first-order chi connectivity index (χ1) is 10.6. The Bertz CT molecular complexity index is 853. The van der Waals surface area contributed by atoms with Crippen molar-refractivity contribution < 1.29 is 4.79 Å². The SMILES string of the molecule is O=C(NN=Cc1c(Cl)cccc1Cl)c1ccc2nc[nH]c2c1. The van der Waals surface area contributed by atoms with Gasteiger partial charge < -0.3 is 4.98 Å². The lowest BCUT2D eigenvalue weighted by Gasteiger charge is -2.02. The molecule has 2 N–H and O–H groups in total. The summed E-state index contributed by atoms with van der Waals surface area (Å²) in [6.45, 7) is 0. The first-order valence-corrected chi connectivity index (χ1v) is 7.11. The van der Waals surface area contributed by atoms with Gasteiger partial charge >= 0.3 is 0 Å². The van der Waals surface area contributed by atoms with E-state index in [1.165, 1.54) is 6.21 Å². The molecule has 3 aromatic rings. The van der Waals surface area contributed by atoms with E-state index in [0.717, 1.165) is 11.0 Å². The maximum absolute atomic E-state index is 12.0. The van der Waals surface area contributed by atoms with Gasteiger partial charge in [-0.2, -0.15) is 5.10 Å². The van der Waals surface area contributed by atoms with Crippen molar-refractivity contribution in [1.82, 2.24) is 15.4 Å². The van der Waals surface area contributed by atoms with Crippen molar-refractivity contribution in [2.24, 2.45) is 5.10 Å². The number of H-pyrrole nitrogens is 1. The number of amides is 1. The number of aromatic amines is 1. The summed E-state index contributed by atoms with van der Waals surface area (Å²) in [7, 11) is 0. The van der Waals surface area contributed by atoms with E-state index < -0.39 is 0 Å². The van der Waals surface area contributed by atoms with Gasteiger partial charge in [0.05, 0.1) is 33.6 Å². The van der Waals surface area contributed by atoms with Crippen molar-refractivity contribution in [3.63, 3.8) is 0 Å². The molecule has 0 aliphatic rings. The zero-order valence-corrected chi connectivity index (χ0v) is 12.7. The van der Waals surface area contributed by atoms with E-state index in [1.54, 1.807) is 42.7 Å². The van der Waals surface area contributed by atoms with Gasteiger partial charge in [0.1, 0.15) is 0 Å². The van der Waals surface area contributed by atoms with Gasteiger partial charge in [0.15, 0.2) is 0 Å². The van der Waals surface area contributed by atoms with Crippen LogP contribution < -0.4 is 5.43 Å². The highest BCUT2D eigenvalue weighted by molar-refractivity contribution is 6.38. The maximum Gasteiger partial charge on any atom is 0.271 e. The summed E-state index contributed by atoms with van der Waals surface area (Å²) < 4.78 is 0. The predicted octanol–water partition coefficient (Wildman–Crippen LogP) is 3.63. The third-order valence-electron chi connectivity index (χ3n) is 3.04. The van der Waals surface area contributed by atoms with Crippen LogP contribution in [0.4, 0.5) is 0 Å². The molecule has 3 rings (SSSR count). The minimum absolute atomic E-state index is 0.337. The van der Waals surface area contributed by atoms with E-state index in [-0.39, 0.29) is 5.91 Å². The van der Waals surface area contributed by atoms with E-state index in [1.807, 2.05) is 0 Å². The number of carbonyl (C=O) groups excluding carboxylic acids is 1. The largest absolute Gasteiger partial charge is 0.345 e. The maximum atomic E-state index is 12.0. The highest BCUT2D eigenvalue weighted by atomic mass is 35.5. The van der Waals surface area contributed by atoms with Crippen LogP contribution in [0.5, 0.6) is 0 Å². The van der Waals surface area contributed by atoms with Crippen LogP contribution in [0.2, 0.25) is 10.0 Å². The Morgan fingerprint density at radius 1 is 1.23 bits per heavy atom. The molecule has 2 aromatic carbocycles. The molecular weight excluding hydrogens is 323 g/mol. The van der Waals surface area contributed by atoms with Gasteiger partial charge in [-0.3, -0.25) is 4.79 Å². The predicted molar refractivity (Wildman–Crippen MR) is 87.6 cm³/mol. The smallest absolute Gasteiger partial charge is 0.271 e. The first kappa shape index (κ1) is 14.6. The summed E-state index contributed by atoms with van der Waals surface area (Å²) in [6.07, 6.45) is 2.99. The Kier molecular flexibility index (Phi) is 4.09. The van der Waals surface area contributed by atoms with Crippen LogP contribution in [0.25, 0.3) is 11.0 Å². The molecule has 0 saturated carbocycles. The number of benzene rings is 2. The number of fused-ring (bicyclic) bond motifs is 1. The average Bonchev–Trinajstić information content (AvgIpc) is 2.97. The third kappa shape index (κ3) is 2.95. The van der Waals surface area contributed by atoms with Crippen LogP contribution in [0, 0.1) is 0 Å². The Labute approximate surface area is 136 Å². The molecule has 1 amide bonds. The summed E-state index contributed by atoms with van der Waals surface area (Å²) >= 11 is 12.0. The summed E-state index contributed by atoms with van der Waals surface area (Å²) in [5.74, 6) is -0.337. The van der Waals surface area contributed by atoms with Crippen molar-refractivity contribution in [2.75, 3.05) is 0 Å². The molecule has 0 saturated heterocycles. The molecule has 0 fully saturated rings. The minimum atomic E-state index is -0.337. The zero-order valence-electron chi connectivity index (χ0n) is 11.2. The highest BCUT2D eigenvalue weighted by Crippen LogP contribution is 2.22. The first-order valence-electron chi connectivity index (χ1n) is 6.36. The van der Waals surface area contributed by atoms with Crippen LogP contribution in [-0.4, -0.2) is 22.1 Å².